The number of rotatable bonds is 3. The minimum absolute atomic E-state index is 0.496. The molecule has 0 aliphatic heterocycles. The fourth-order valence-corrected chi connectivity index (χ4v) is 1.48. The molecule has 0 amide bonds. The molecule has 0 unspecified atom stereocenters. The summed E-state index contributed by atoms with van der Waals surface area (Å²) in [6, 6.07) is 7.56. The molecule has 2 aromatic rings. The Bertz CT molecular complexity index is 473. The topological polar surface area (TPSA) is 61.0 Å². The molecule has 82 valence electrons. The Balaban J connectivity index is 2.18. The number of nitrogens with two attached hydrogens (primary N) is 1. The molecule has 0 saturated carbocycles. The highest BCUT2D eigenvalue weighted by molar-refractivity contribution is 9.10. The lowest BCUT2D eigenvalue weighted by molar-refractivity contribution is 0.458. The van der Waals surface area contributed by atoms with Gasteiger partial charge in [0.25, 0.3) is 0 Å². The lowest BCUT2D eigenvalue weighted by Gasteiger charge is -2.06. The minimum Gasteiger partial charge on any atom is -0.438 e. The molecule has 1 heterocycles. The van der Waals surface area contributed by atoms with E-state index in [1.807, 2.05) is 24.3 Å². The first-order chi connectivity index (χ1) is 7.79. The molecule has 2 rings (SSSR count). The molecule has 0 saturated heterocycles. The molecule has 0 spiro atoms. The summed E-state index contributed by atoms with van der Waals surface area (Å²) in [5.41, 5.74) is 6.57. The first-order valence-electron chi connectivity index (χ1n) is 4.72. The van der Waals surface area contributed by atoms with Gasteiger partial charge in [0.2, 0.25) is 5.88 Å². The number of halogens is 1. The number of hydrogen-bond acceptors (Lipinski definition) is 4. The van der Waals surface area contributed by atoms with Gasteiger partial charge < -0.3 is 10.5 Å². The summed E-state index contributed by atoms with van der Waals surface area (Å²) in [5, 5.41) is 0. The maximum Gasteiger partial charge on any atom is 0.236 e. The van der Waals surface area contributed by atoms with Gasteiger partial charge in [-0.3, -0.25) is 0 Å². The number of ether oxygens (including phenoxy) is 1. The van der Waals surface area contributed by atoms with Gasteiger partial charge in [0.05, 0.1) is 4.47 Å². The van der Waals surface area contributed by atoms with Crippen LogP contribution in [0.3, 0.4) is 0 Å². The van der Waals surface area contributed by atoms with Crippen LogP contribution in [0.1, 0.15) is 5.56 Å². The summed E-state index contributed by atoms with van der Waals surface area (Å²) >= 11 is 3.31. The average molecular weight is 280 g/mol. The quantitative estimate of drug-likeness (QED) is 0.938. The van der Waals surface area contributed by atoms with Crippen LogP contribution < -0.4 is 10.5 Å². The molecule has 1 aromatic heterocycles. The lowest BCUT2D eigenvalue weighted by Crippen LogP contribution is -1.95. The van der Waals surface area contributed by atoms with Crippen LogP contribution in [0.25, 0.3) is 0 Å². The van der Waals surface area contributed by atoms with E-state index in [0.717, 1.165) is 15.8 Å². The van der Waals surface area contributed by atoms with Crippen LogP contribution in [0, 0.1) is 0 Å². The van der Waals surface area contributed by atoms with Gasteiger partial charge in [-0.15, -0.1) is 0 Å². The van der Waals surface area contributed by atoms with E-state index in [4.69, 9.17) is 10.5 Å². The van der Waals surface area contributed by atoms with Gasteiger partial charge in [-0.1, -0.05) is 12.1 Å². The summed E-state index contributed by atoms with van der Waals surface area (Å²) in [6.45, 7) is 0.525. The number of nitrogens with zero attached hydrogens (tertiary/aromatic N) is 2. The van der Waals surface area contributed by atoms with Crippen molar-refractivity contribution in [3.05, 3.63) is 46.8 Å². The summed E-state index contributed by atoms with van der Waals surface area (Å²) in [7, 11) is 0. The first-order valence-corrected chi connectivity index (χ1v) is 5.51. The van der Waals surface area contributed by atoms with Gasteiger partial charge >= 0.3 is 0 Å². The summed E-state index contributed by atoms with van der Waals surface area (Å²) in [5.74, 6) is 1.21. The average Bonchev–Trinajstić information content (AvgIpc) is 2.33. The van der Waals surface area contributed by atoms with Crippen molar-refractivity contribution >= 4 is 15.9 Å². The van der Waals surface area contributed by atoms with E-state index in [-0.39, 0.29) is 0 Å². The van der Waals surface area contributed by atoms with Crippen LogP contribution in [0.2, 0.25) is 0 Å². The zero-order valence-electron chi connectivity index (χ0n) is 8.43. The van der Waals surface area contributed by atoms with Gasteiger partial charge in [0, 0.05) is 12.7 Å². The number of benzene rings is 1. The second kappa shape index (κ2) is 5.05. The van der Waals surface area contributed by atoms with Crippen molar-refractivity contribution in [2.24, 2.45) is 5.73 Å². The second-order valence-electron chi connectivity index (χ2n) is 3.13. The Morgan fingerprint density at radius 2 is 2.00 bits per heavy atom. The highest BCUT2D eigenvalue weighted by atomic mass is 79.9. The largest absolute Gasteiger partial charge is 0.438 e. The van der Waals surface area contributed by atoms with Crippen molar-refractivity contribution in [3.8, 4) is 11.6 Å². The Morgan fingerprint density at radius 1 is 1.25 bits per heavy atom. The summed E-state index contributed by atoms with van der Waals surface area (Å²) < 4.78 is 6.29. The molecule has 4 nitrogen and oxygen atoms in total. The predicted molar refractivity (Wildman–Crippen MR) is 64.1 cm³/mol. The second-order valence-corrected chi connectivity index (χ2v) is 3.98. The van der Waals surface area contributed by atoms with Crippen molar-refractivity contribution < 1.29 is 4.74 Å². The molecule has 0 aliphatic carbocycles. The number of hydrogen-bond donors (Lipinski definition) is 1. The molecular weight excluding hydrogens is 270 g/mol. The van der Waals surface area contributed by atoms with Crippen molar-refractivity contribution in [1.29, 1.82) is 0 Å². The van der Waals surface area contributed by atoms with E-state index in [2.05, 4.69) is 25.9 Å². The molecule has 0 atom stereocenters. The van der Waals surface area contributed by atoms with Gasteiger partial charge in [0.15, 0.2) is 0 Å². The van der Waals surface area contributed by atoms with Crippen molar-refractivity contribution in [1.82, 2.24) is 9.97 Å². The third-order valence-corrected chi connectivity index (χ3v) is 2.55. The Labute approximate surface area is 102 Å². The predicted octanol–water partition coefficient (Wildman–Crippen LogP) is 2.49. The summed E-state index contributed by atoms with van der Waals surface area (Å²) in [6.07, 6.45) is 3.07. The van der Waals surface area contributed by atoms with Crippen molar-refractivity contribution in [2.75, 3.05) is 0 Å². The van der Waals surface area contributed by atoms with E-state index in [9.17, 15) is 0 Å². The minimum atomic E-state index is 0.496. The maximum atomic E-state index is 5.57. The molecule has 0 fully saturated rings. The van der Waals surface area contributed by atoms with Crippen molar-refractivity contribution in [3.63, 3.8) is 0 Å². The summed E-state index contributed by atoms with van der Waals surface area (Å²) in [4.78, 5) is 7.87. The van der Waals surface area contributed by atoms with E-state index in [1.54, 1.807) is 6.20 Å². The Kier molecular flexibility index (Phi) is 3.48. The standard InChI is InChI=1S/C11H10BrN3O/c12-10-6-14-7-15-11(10)16-9-3-1-8(5-13)2-4-9/h1-4,6-7H,5,13H2. The molecule has 1 aromatic carbocycles. The Morgan fingerprint density at radius 3 is 2.62 bits per heavy atom. The fraction of sp³-hybridized carbons (Fsp3) is 0.0909. The monoisotopic (exact) mass is 279 g/mol. The fourth-order valence-electron chi connectivity index (χ4n) is 1.18. The molecular formula is C11H10BrN3O. The molecule has 5 heteroatoms. The maximum absolute atomic E-state index is 5.57. The molecule has 16 heavy (non-hydrogen) atoms. The zero-order valence-corrected chi connectivity index (χ0v) is 10.0. The third-order valence-electron chi connectivity index (χ3n) is 2.01. The smallest absolute Gasteiger partial charge is 0.236 e. The van der Waals surface area contributed by atoms with Crippen LogP contribution in [0.4, 0.5) is 0 Å². The van der Waals surface area contributed by atoms with Gasteiger partial charge in [-0.25, -0.2) is 9.97 Å². The van der Waals surface area contributed by atoms with Crippen LogP contribution in [-0.4, -0.2) is 9.97 Å². The highest BCUT2D eigenvalue weighted by Crippen LogP contribution is 2.26. The highest BCUT2D eigenvalue weighted by Gasteiger charge is 2.03. The zero-order chi connectivity index (χ0) is 11.4. The SMILES string of the molecule is NCc1ccc(Oc2ncncc2Br)cc1. The lowest BCUT2D eigenvalue weighted by atomic mass is 10.2. The molecule has 0 aliphatic rings. The normalized spacial score (nSPS) is 10.1. The Hall–Kier alpha value is -1.46. The molecule has 2 N–H and O–H groups in total. The third kappa shape index (κ3) is 2.56. The van der Waals surface area contributed by atoms with E-state index in [0.29, 0.717) is 12.4 Å². The van der Waals surface area contributed by atoms with Gasteiger partial charge in [-0.2, -0.15) is 0 Å². The molecule has 0 radical (unpaired) electrons. The van der Waals surface area contributed by atoms with Crippen LogP contribution in [0.5, 0.6) is 11.6 Å². The van der Waals surface area contributed by atoms with Gasteiger partial charge in [-0.05, 0) is 33.6 Å². The van der Waals surface area contributed by atoms with Gasteiger partial charge in [0.1, 0.15) is 12.1 Å². The van der Waals surface area contributed by atoms with E-state index >= 15 is 0 Å². The molecule has 0 bridgehead atoms. The number of aromatic nitrogens is 2. The van der Waals surface area contributed by atoms with Crippen LogP contribution >= 0.6 is 15.9 Å². The van der Waals surface area contributed by atoms with E-state index < -0.39 is 0 Å². The van der Waals surface area contributed by atoms with Crippen LogP contribution in [0.15, 0.2) is 41.3 Å². The first kappa shape index (κ1) is 11.0. The van der Waals surface area contributed by atoms with Crippen LogP contribution in [-0.2, 0) is 6.54 Å². The van der Waals surface area contributed by atoms with E-state index in [1.165, 1.54) is 6.33 Å². The van der Waals surface area contributed by atoms with Crippen molar-refractivity contribution in [2.45, 2.75) is 6.54 Å².